The van der Waals surface area contributed by atoms with E-state index in [1.807, 2.05) is 19.1 Å². The first kappa shape index (κ1) is 24.2. The maximum atomic E-state index is 13.1. The summed E-state index contributed by atoms with van der Waals surface area (Å²) in [4.78, 5) is 17.3. The van der Waals surface area contributed by atoms with Crippen LogP contribution in [-0.2, 0) is 11.4 Å². The van der Waals surface area contributed by atoms with E-state index in [1.165, 1.54) is 48.2 Å². The van der Waals surface area contributed by atoms with E-state index in [-0.39, 0.29) is 24.1 Å². The van der Waals surface area contributed by atoms with Gasteiger partial charge in [0.2, 0.25) is 0 Å². The number of amides is 1. The summed E-state index contributed by atoms with van der Waals surface area (Å²) in [7, 11) is 0. The Morgan fingerprint density at radius 3 is 2.38 bits per heavy atom. The molecule has 3 aromatic carbocycles. The number of nitrogens with zero attached hydrogens (tertiary/aromatic N) is 1. The standard InChI is InChI=1S/C25H19F2IN2O3S/c1-2-32-21-12-16(11-20(28)23(21)33-14-15-3-5-17(26)6-4-15)13-22-24(31)30-25(34-22)29-19-9-7-18(27)8-10-19/h3-13H,2,14H2,1H3,(H,29,30,31)/b22-13+. The van der Waals surface area contributed by atoms with Crippen molar-refractivity contribution in [3.63, 3.8) is 0 Å². The molecule has 1 heterocycles. The second-order valence-corrected chi connectivity index (χ2v) is 9.33. The zero-order valence-corrected chi connectivity index (χ0v) is 21.0. The van der Waals surface area contributed by atoms with Gasteiger partial charge in [0.15, 0.2) is 16.7 Å². The molecule has 174 valence electrons. The molecule has 9 heteroatoms. The van der Waals surface area contributed by atoms with Crippen LogP contribution in [-0.4, -0.2) is 17.7 Å². The van der Waals surface area contributed by atoms with Crippen molar-refractivity contribution in [2.24, 2.45) is 4.99 Å². The summed E-state index contributed by atoms with van der Waals surface area (Å²) in [6.07, 6.45) is 1.75. The van der Waals surface area contributed by atoms with Crippen molar-refractivity contribution in [2.45, 2.75) is 13.5 Å². The Kier molecular flexibility index (Phi) is 7.84. The molecule has 0 atom stereocenters. The number of rotatable bonds is 7. The predicted molar refractivity (Wildman–Crippen MR) is 138 cm³/mol. The summed E-state index contributed by atoms with van der Waals surface area (Å²) >= 11 is 3.36. The number of halogens is 3. The third kappa shape index (κ3) is 6.15. The third-order valence-electron chi connectivity index (χ3n) is 4.63. The number of ether oxygens (including phenoxy) is 2. The number of aliphatic imine (C=N–C) groups is 1. The largest absolute Gasteiger partial charge is 0.490 e. The number of benzene rings is 3. The molecule has 1 aliphatic rings. The number of carbonyl (C=O) groups is 1. The average molecular weight is 592 g/mol. The van der Waals surface area contributed by atoms with Crippen molar-refractivity contribution >= 4 is 57.2 Å². The van der Waals surface area contributed by atoms with Gasteiger partial charge in [-0.2, -0.15) is 0 Å². The van der Waals surface area contributed by atoms with Crippen LogP contribution in [0, 0.1) is 15.2 Å². The van der Waals surface area contributed by atoms with Gasteiger partial charge in [-0.3, -0.25) is 4.79 Å². The summed E-state index contributed by atoms with van der Waals surface area (Å²) in [6, 6.07) is 15.5. The molecule has 0 spiro atoms. The lowest BCUT2D eigenvalue weighted by Crippen LogP contribution is -2.19. The molecule has 5 nitrogen and oxygen atoms in total. The number of hydrogen-bond acceptors (Lipinski definition) is 5. The first-order valence-corrected chi connectivity index (χ1v) is 12.2. The number of hydrogen-bond donors (Lipinski definition) is 1. The van der Waals surface area contributed by atoms with Gasteiger partial charge in [-0.25, -0.2) is 13.8 Å². The van der Waals surface area contributed by atoms with Crippen LogP contribution in [0.1, 0.15) is 18.1 Å². The first-order valence-electron chi connectivity index (χ1n) is 10.3. The van der Waals surface area contributed by atoms with Crippen LogP contribution in [0.4, 0.5) is 14.5 Å². The monoisotopic (exact) mass is 592 g/mol. The summed E-state index contributed by atoms with van der Waals surface area (Å²) < 4.78 is 38.8. The Labute approximate surface area is 213 Å². The fourth-order valence-corrected chi connectivity index (χ4v) is 4.70. The van der Waals surface area contributed by atoms with Crippen molar-refractivity contribution in [3.8, 4) is 11.5 Å². The lowest BCUT2D eigenvalue weighted by molar-refractivity contribution is -0.115. The fourth-order valence-electron chi connectivity index (χ4n) is 3.08. The van der Waals surface area contributed by atoms with Crippen LogP contribution in [0.15, 0.2) is 70.6 Å². The molecule has 34 heavy (non-hydrogen) atoms. The highest BCUT2D eigenvalue weighted by atomic mass is 127. The molecule has 4 rings (SSSR count). The first-order chi connectivity index (χ1) is 16.4. The second kappa shape index (κ2) is 11.0. The zero-order chi connectivity index (χ0) is 24.1. The molecule has 3 aromatic rings. The normalized spacial score (nSPS) is 15.6. The summed E-state index contributed by atoms with van der Waals surface area (Å²) in [6.45, 7) is 2.57. The Balaban J connectivity index is 1.54. The van der Waals surface area contributed by atoms with Gasteiger partial charge in [0.25, 0.3) is 5.91 Å². The Bertz CT molecular complexity index is 1260. The van der Waals surface area contributed by atoms with E-state index >= 15 is 0 Å². The van der Waals surface area contributed by atoms with Crippen molar-refractivity contribution in [1.29, 1.82) is 0 Å². The number of carbonyl (C=O) groups excluding carboxylic acids is 1. The fraction of sp³-hybridized carbons (Fsp3) is 0.120. The molecule has 1 fully saturated rings. The highest BCUT2D eigenvalue weighted by Crippen LogP contribution is 2.37. The van der Waals surface area contributed by atoms with Crippen LogP contribution in [0.25, 0.3) is 6.08 Å². The van der Waals surface area contributed by atoms with E-state index in [0.717, 1.165) is 14.7 Å². The van der Waals surface area contributed by atoms with Gasteiger partial charge in [0.05, 0.1) is 20.8 Å². The van der Waals surface area contributed by atoms with Gasteiger partial charge in [-0.1, -0.05) is 12.1 Å². The Morgan fingerprint density at radius 1 is 1.03 bits per heavy atom. The number of thioether (sulfide) groups is 1. The SMILES string of the molecule is CCOc1cc(/C=C2/SC(=Nc3ccc(F)cc3)NC2=O)cc(I)c1OCc1ccc(F)cc1. The lowest BCUT2D eigenvalue weighted by Gasteiger charge is -2.15. The van der Waals surface area contributed by atoms with Crippen LogP contribution in [0.3, 0.4) is 0 Å². The molecule has 1 saturated heterocycles. The van der Waals surface area contributed by atoms with Crippen LogP contribution < -0.4 is 14.8 Å². The van der Waals surface area contributed by atoms with Crippen molar-refractivity contribution in [1.82, 2.24) is 5.32 Å². The smallest absolute Gasteiger partial charge is 0.264 e. The van der Waals surface area contributed by atoms with Crippen molar-refractivity contribution in [3.05, 3.63) is 91.9 Å². The maximum absolute atomic E-state index is 13.1. The molecule has 0 bridgehead atoms. The van der Waals surface area contributed by atoms with Gasteiger partial charge >= 0.3 is 0 Å². The molecular formula is C25H19F2IN2O3S. The van der Waals surface area contributed by atoms with Crippen LogP contribution in [0.2, 0.25) is 0 Å². The minimum absolute atomic E-state index is 0.262. The molecule has 1 aliphatic heterocycles. The third-order valence-corrected chi connectivity index (χ3v) is 6.35. The van der Waals surface area contributed by atoms with Crippen molar-refractivity contribution < 1.29 is 23.0 Å². The van der Waals surface area contributed by atoms with Crippen molar-refractivity contribution in [2.75, 3.05) is 6.61 Å². The van der Waals surface area contributed by atoms with E-state index in [9.17, 15) is 13.6 Å². The quantitative estimate of drug-likeness (QED) is 0.254. The topological polar surface area (TPSA) is 59.9 Å². The molecule has 0 saturated carbocycles. The maximum Gasteiger partial charge on any atom is 0.264 e. The molecule has 0 aliphatic carbocycles. The molecular weight excluding hydrogens is 573 g/mol. The van der Waals surface area contributed by atoms with E-state index < -0.39 is 0 Å². The minimum Gasteiger partial charge on any atom is -0.490 e. The summed E-state index contributed by atoms with van der Waals surface area (Å²) in [5.41, 5.74) is 2.14. The number of amidine groups is 1. The Morgan fingerprint density at radius 2 is 1.71 bits per heavy atom. The molecule has 1 N–H and O–H groups in total. The molecule has 0 aromatic heterocycles. The average Bonchev–Trinajstić information content (AvgIpc) is 3.14. The van der Waals surface area contributed by atoms with Gasteiger partial charge in [-0.05, 0) is 107 Å². The highest BCUT2D eigenvalue weighted by Gasteiger charge is 2.24. The van der Waals surface area contributed by atoms with Gasteiger partial charge in [-0.15, -0.1) is 0 Å². The molecule has 1 amide bonds. The highest BCUT2D eigenvalue weighted by molar-refractivity contribution is 14.1. The van der Waals surface area contributed by atoms with Gasteiger partial charge in [0.1, 0.15) is 18.2 Å². The van der Waals surface area contributed by atoms with Crippen LogP contribution in [0.5, 0.6) is 11.5 Å². The predicted octanol–water partition coefficient (Wildman–Crippen LogP) is 6.44. The van der Waals surface area contributed by atoms with E-state index in [0.29, 0.717) is 33.9 Å². The summed E-state index contributed by atoms with van der Waals surface area (Å²) in [5, 5.41) is 3.14. The van der Waals surface area contributed by atoms with E-state index in [2.05, 4.69) is 32.9 Å². The van der Waals surface area contributed by atoms with Gasteiger partial charge < -0.3 is 14.8 Å². The van der Waals surface area contributed by atoms with Gasteiger partial charge in [0, 0.05) is 0 Å². The second-order valence-electron chi connectivity index (χ2n) is 7.14. The lowest BCUT2D eigenvalue weighted by atomic mass is 10.1. The Hall–Kier alpha value is -2.92. The van der Waals surface area contributed by atoms with Crippen LogP contribution >= 0.6 is 34.4 Å². The molecule has 0 radical (unpaired) electrons. The zero-order valence-electron chi connectivity index (χ0n) is 18.0. The van der Waals surface area contributed by atoms with E-state index in [4.69, 9.17) is 9.47 Å². The minimum atomic E-state index is -0.350. The number of nitrogens with one attached hydrogen (secondary N) is 1. The molecule has 0 unspecified atom stereocenters. The summed E-state index contributed by atoms with van der Waals surface area (Å²) in [5.74, 6) is 0.210. The van der Waals surface area contributed by atoms with E-state index in [1.54, 1.807) is 18.2 Å².